The topological polar surface area (TPSA) is 62.3 Å². The van der Waals surface area contributed by atoms with Crippen molar-refractivity contribution in [2.75, 3.05) is 31.1 Å². The van der Waals surface area contributed by atoms with Crippen LogP contribution in [0.5, 0.6) is 0 Å². The van der Waals surface area contributed by atoms with Gasteiger partial charge in [-0.2, -0.15) is 0 Å². The molecule has 0 aliphatic carbocycles. The molecule has 0 amide bonds. The maximum Gasteiger partial charge on any atom is 0.151 e. The van der Waals surface area contributed by atoms with Crippen LogP contribution in [0.2, 0.25) is 0 Å². The average Bonchev–Trinajstić information content (AvgIpc) is 2.76. The summed E-state index contributed by atoms with van der Waals surface area (Å²) in [6.45, 7) is 6.22. The molecule has 5 nitrogen and oxygen atoms in total. The predicted molar refractivity (Wildman–Crippen MR) is 82.7 cm³/mol. The van der Waals surface area contributed by atoms with Gasteiger partial charge in [-0.1, -0.05) is 6.92 Å². The molecular formula is C13H23N3O2S2. The van der Waals surface area contributed by atoms with E-state index in [0.29, 0.717) is 12.3 Å². The summed E-state index contributed by atoms with van der Waals surface area (Å²) in [4.78, 5) is 6.81. The van der Waals surface area contributed by atoms with Gasteiger partial charge in [0.25, 0.3) is 0 Å². The average molecular weight is 317 g/mol. The lowest BCUT2D eigenvalue weighted by Gasteiger charge is -2.17. The van der Waals surface area contributed by atoms with E-state index in [4.69, 9.17) is 0 Å². The molecule has 1 aromatic heterocycles. The highest BCUT2D eigenvalue weighted by Crippen LogP contribution is 2.14. The van der Waals surface area contributed by atoms with Gasteiger partial charge < -0.3 is 5.32 Å². The van der Waals surface area contributed by atoms with Crippen molar-refractivity contribution in [3.8, 4) is 0 Å². The second-order valence-electron chi connectivity index (χ2n) is 5.19. The zero-order valence-corrected chi connectivity index (χ0v) is 13.6. The van der Waals surface area contributed by atoms with E-state index in [1.54, 1.807) is 11.3 Å². The largest absolute Gasteiger partial charge is 0.310 e. The number of aromatic nitrogens is 1. The van der Waals surface area contributed by atoms with E-state index in [1.165, 1.54) is 0 Å². The second-order valence-corrected chi connectivity index (χ2v) is 8.44. The van der Waals surface area contributed by atoms with Crippen LogP contribution in [-0.4, -0.2) is 49.4 Å². The standard InChI is InChI=1S/C13H23N3O2S2/c1-2-4-14-9-13-15-12(11-19-13)10-16-5-3-7-20(17,18)8-6-16/h11,14H,2-10H2,1H3. The maximum atomic E-state index is 11.6. The van der Waals surface area contributed by atoms with Crippen LogP contribution in [0, 0.1) is 0 Å². The Morgan fingerprint density at radius 3 is 3.05 bits per heavy atom. The van der Waals surface area contributed by atoms with Gasteiger partial charge in [-0.15, -0.1) is 11.3 Å². The van der Waals surface area contributed by atoms with Crippen molar-refractivity contribution in [2.45, 2.75) is 32.9 Å². The van der Waals surface area contributed by atoms with Gasteiger partial charge in [0.15, 0.2) is 9.84 Å². The Morgan fingerprint density at radius 2 is 2.25 bits per heavy atom. The van der Waals surface area contributed by atoms with Crippen LogP contribution in [-0.2, 0) is 22.9 Å². The zero-order chi connectivity index (χ0) is 14.4. The molecule has 0 spiro atoms. The third-order valence-electron chi connectivity index (χ3n) is 3.34. The molecule has 2 rings (SSSR count). The Labute approximate surface area is 125 Å². The van der Waals surface area contributed by atoms with Gasteiger partial charge in [0, 0.05) is 25.0 Å². The molecule has 7 heteroatoms. The summed E-state index contributed by atoms with van der Waals surface area (Å²) in [6, 6.07) is 0. The van der Waals surface area contributed by atoms with Crippen LogP contribution in [0.25, 0.3) is 0 Å². The molecule has 0 saturated carbocycles. The molecule has 20 heavy (non-hydrogen) atoms. The van der Waals surface area contributed by atoms with E-state index in [0.717, 1.165) is 49.7 Å². The van der Waals surface area contributed by atoms with Crippen molar-refractivity contribution in [3.63, 3.8) is 0 Å². The fraction of sp³-hybridized carbons (Fsp3) is 0.769. The Bertz CT molecular complexity index is 513. The first-order valence-electron chi connectivity index (χ1n) is 7.16. The molecule has 1 fully saturated rings. The lowest BCUT2D eigenvalue weighted by molar-refractivity contribution is 0.284. The maximum absolute atomic E-state index is 11.6. The predicted octanol–water partition coefficient (Wildman–Crippen LogP) is 1.26. The molecule has 2 heterocycles. The van der Waals surface area contributed by atoms with Crippen LogP contribution in [0.3, 0.4) is 0 Å². The van der Waals surface area contributed by atoms with Crippen molar-refractivity contribution in [1.29, 1.82) is 0 Å². The summed E-state index contributed by atoms with van der Waals surface area (Å²) < 4.78 is 23.1. The summed E-state index contributed by atoms with van der Waals surface area (Å²) >= 11 is 1.68. The highest BCUT2D eigenvalue weighted by molar-refractivity contribution is 7.91. The first-order valence-corrected chi connectivity index (χ1v) is 9.86. The van der Waals surface area contributed by atoms with Crippen LogP contribution >= 0.6 is 11.3 Å². The monoisotopic (exact) mass is 317 g/mol. The number of hydrogen-bond donors (Lipinski definition) is 1. The fourth-order valence-corrected chi connectivity index (χ4v) is 4.32. The van der Waals surface area contributed by atoms with Gasteiger partial charge in [0.05, 0.1) is 17.2 Å². The molecule has 1 saturated heterocycles. The van der Waals surface area contributed by atoms with E-state index >= 15 is 0 Å². The molecule has 114 valence electrons. The zero-order valence-electron chi connectivity index (χ0n) is 12.0. The molecule has 1 aliphatic rings. The molecule has 0 radical (unpaired) electrons. The molecule has 0 atom stereocenters. The highest BCUT2D eigenvalue weighted by atomic mass is 32.2. The summed E-state index contributed by atoms with van der Waals surface area (Å²) in [6.07, 6.45) is 1.86. The molecule has 0 unspecified atom stereocenters. The number of rotatable bonds is 6. The minimum atomic E-state index is -2.82. The lowest BCUT2D eigenvalue weighted by Crippen LogP contribution is -2.26. The van der Waals surface area contributed by atoms with Gasteiger partial charge in [-0.3, -0.25) is 4.90 Å². The molecule has 1 aliphatic heterocycles. The van der Waals surface area contributed by atoms with Crippen molar-refractivity contribution in [1.82, 2.24) is 15.2 Å². The quantitative estimate of drug-likeness (QED) is 0.801. The van der Waals surface area contributed by atoms with E-state index in [9.17, 15) is 8.42 Å². The minimum Gasteiger partial charge on any atom is -0.310 e. The Morgan fingerprint density at radius 1 is 1.40 bits per heavy atom. The molecule has 0 aromatic carbocycles. The normalized spacial score (nSPS) is 19.9. The van der Waals surface area contributed by atoms with Crippen molar-refractivity contribution in [2.24, 2.45) is 0 Å². The van der Waals surface area contributed by atoms with E-state index in [-0.39, 0.29) is 5.75 Å². The number of nitrogens with one attached hydrogen (secondary N) is 1. The second kappa shape index (κ2) is 7.49. The number of thiazole rings is 1. The molecule has 0 bridgehead atoms. The smallest absolute Gasteiger partial charge is 0.151 e. The highest BCUT2D eigenvalue weighted by Gasteiger charge is 2.19. The van der Waals surface area contributed by atoms with Gasteiger partial charge in [0.1, 0.15) is 5.01 Å². The van der Waals surface area contributed by atoms with Gasteiger partial charge >= 0.3 is 0 Å². The van der Waals surface area contributed by atoms with Crippen LogP contribution in [0.1, 0.15) is 30.5 Å². The van der Waals surface area contributed by atoms with E-state index in [1.807, 2.05) is 0 Å². The fourth-order valence-electron chi connectivity index (χ4n) is 2.25. The van der Waals surface area contributed by atoms with Crippen molar-refractivity contribution >= 4 is 21.2 Å². The minimum absolute atomic E-state index is 0.280. The van der Waals surface area contributed by atoms with Crippen molar-refractivity contribution in [3.05, 3.63) is 16.1 Å². The first-order chi connectivity index (χ1) is 9.59. The van der Waals surface area contributed by atoms with Crippen molar-refractivity contribution < 1.29 is 8.42 Å². The molecule has 1 N–H and O–H groups in total. The summed E-state index contributed by atoms with van der Waals surface area (Å²) in [5.41, 5.74) is 1.06. The number of nitrogens with zero attached hydrogens (tertiary/aromatic N) is 2. The van der Waals surface area contributed by atoms with Gasteiger partial charge in [0.2, 0.25) is 0 Å². The van der Waals surface area contributed by atoms with Crippen LogP contribution in [0.4, 0.5) is 0 Å². The van der Waals surface area contributed by atoms with Gasteiger partial charge in [-0.25, -0.2) is 13.4 Å². The molecule has 1 aromatic rings. The Balaban J connectivity index is 1.84. The Kier molecular flexibility index (Phi) is 5.95. The molecular weight excluding hydrogens is 294 g/mol. The third kappa shape index (κ3) is 5.12. The summed E-state index contributed by atoms with van der Waals surface area (Å²) in [7, 11) is -2.82. The summed E-state index contributed by atoms with van der Waals surface area (Å²) in [5, 5.41) is 6.54. The SMILES string of the molecule is CCCNCc1nc(CN2CCCS(=O)(=O)CC2)cs1. The third-order valence-corrected chi connectivity index (χ3v) is 5.95. The Hall–Kier alpha value is -0.500. The first kappa shape index (κ1) is 15.9. The van der Waals surface area contributed by atoms with Crippen LogP contribution < -0.4 is 5.32 Å². The van der Waals surface area contributed by atoms with Gasteiger partial charge in [-0.05, 0) is 25.9 Å². The lowest BCUT2D eigenvalue weighted by atomic mass is 10.3. The summed E-state index contributed by atoms with van der Waals surface area (Å²) in [5.74, 6) is 0.606. The number of sulfone groups is 1. The van der Waals surface area contributed by atoms with Crippen LogP contribution in [0.15, 0.2) is 5.38 Å². The number of hydrogen-bond acceptors (Lipinski definition) is 6. The van der Waals surface area contributed by atoms with E-state index in [2.05, 4.69) is 27.5 Å². The van der Waals surface area contributed by atoms with E-state index < -0.39 is 9.84 Å².